The second-order valence-electron chi connectivity index (χ2n) is 4.22. The Morgan fingerprint density at radius 1 is 1.06 bits per heavy atom. The van der Waals surface area contributed by atoms with Gasteiger partial charge < -0.3 is 0 Å². The molecule has 2 aromatic carbocycles. The summed E-state index contributed by atoms with van der Waals surface area (Å²) in [5.41, 5.74) is 1.65. The summed E-state index contributed by atoms with van der Waals surface area (Å²) in [7, 11) is 0. The summed E-state index contributed by atoms with van der Waals surface area (Å²) in [6.07, 6.45) is 0.772. The minimum absolute atomic E-state index is 0.0919. The molecule has 0 bridgehead atoms. The van der Waals surface area contributed by atoms with Crippen LogP contribution < -0.4 is 0 Å². The number of hydrogen-bond acceptors (Lipinski definition) is 1. The number of ketones is 1. The van der Waals surface area contributed by atoms with E-state index in [1.165, 1.54) is 0 Å². The summed E-state index contributed by atoms with van der Waals surface area (Å²) in [5.74, 6) is -0.0274. The van der Waals surface area contributed by atoms with Gasteiger partial charge in [0.1, 0.15) is 0 Å². The molecule has 0 aliphatic carbocycles. The van der Waals surface area contributed by atoms with Gasteiger partial charge in [0.2, 0.25) is 0 Å². The first-order valence-electron chi connectivity index (χ1n) is 6.07. The molecule has 1 unspecified atom stereocenters. The van der Waals surface area contributed by atoms with Gasteiger partial charge in [0.05, 0.1) is 5.02 Å². The highest BCUT2D eigenvalue weighted by Crippen LogP contribution is 2.27. The quantitative estimate of drug-likeness (QED) is 0.726. The van der Waals surface area contributed by atoms with E-state index in [0.717, 1.165) is 12.0 Å². The maximum absolute atomic E-state index is 12.5. The number of carbonyl (C=O) groups excluding carboxylic acids is 1. The molecule has 0 spiro atoms. The Bertz CT molecular complexity index is 534. The van der Waals surface area contributed by atoms with E-state index in [2.05, 4.69) is 0 Å². The number of rotatable bonds is 4. The molecule has 1 nitrogen and oxygen atoms in total. The molecule has 0 saturated heterocycles. The monoisotopic (exact) mass is 258 g/mol. The molecule has 0 N–H and O–H groups in total. The van der Waals surface area contributed by atoms with E-state index in [1.54, 1.807) is 12.1 Å². The molecule has 2 aromatic rings. The zero-order chi connectivity index (χ0) is 13.0. The highest BCUT2D eigenvalue weighted by Gasteiger charge is 2.21. The molecular weight excluding hydrogens is 244 g/mol. The Balaban J connectivity index is 2.35. The van der Waals surface area contributed by atoms with Crippen LogP contribution in [0.5, 0.6) is 0 Å². The van der Waals surface area contributed by atoms with Crippen molar-refractivity contribution in [3.63, 3.8) is 0 Å². The van der Waals surface area contributed by atoms with Crippen molar-refractivity contribution in [2.75, 3.05) is 0 Å². The fraction of sp³-hybridized carbons (Fsp3) is 0.188. The van der Waals surface area contributed by atoms with Crippen LogP contribution in [0, 0.1) is 0 Å². The average molecular weight is 259 g/mol. The lowest BCUT2D eigenvalue weighted by atomic mass is 9.89. The van der Waals surface area contributed by atoms with Gasteiger partial charge in [-0.15, -0.1) is 0 Å². The predicted molar refractivity (Wildman–Crippen MR) is 75.3 cm³/mol. The lowest BCUT2D eigenvalue weighted by Crippen LogP contribution is -2.12. The third-order valence-corrected chi connectivity index (χ3v) is 3.40. The summed E-state index contributed by atoms with van der Waals surface area (Å²) >= 11 is 6.09. The average Bonchev–Trinajstić information content (AvgIpc) is 2.41. The second-order valence-corrected chi connectivity index (χ2v) is 4.62. The van der Waals surface area contributed by atoms with Crippen molar-refractivity contribution in [2.24, 2.45) is 0 Å². The van der Waals surface area contributed by atoms with Gasteiger partial charge in [-0.05, 0) is 24.1 Å². The molecule has 0 aliphatic rings. The van der Waals surface area contributed by atoms with Gasteiger partial charge in [0.15, 0.2) is 5.78 Å². The minimum atomic E-state index is -0.119. The molecule has 18 heavy (non-hydrogen) atoms. The third-order valence-electron chi connectivity index (χ3n) is 3.07. The van der Waals surface area contributed by atoms with Crippen LogP contribution in [0.1, 0.15) is 35.2 Å². The maximum Gasteiger partial charge on any atom is 0.171 e. The zero-order valence-corrected chi connectivity index (χ0v) is 11.0. The summed E-state index contributed by atoms with van der Waals surface area (Å²) in [4.78, 5) is 12.5. The van der Waals surface area contributed by atoms with Crippen molar-refractivity contribution in [1.29, 1.82) is 0 Å². The molecule has 2 rings (SSSR count). The summed E-state index contributed by atoms with van der Waals surface area (Å²) in [6, 6.07) is 17.1. The minimum Gasteiger partial charge on any atom is -0.293 e. The van der Waals surface area contributed by atoms with Crippen LogP contribution in [0.2, 0.25) is 5.02 Å². The van der Waals surface area contributed by atoms with Crippen LogP contribution >= 0.6 is 11.6 Å². The maximum atomic E-state index is 12.5. The zero-order valence-electron chi connectivity index (χ0n) is 10.3. The first-order chi connectivity index (χ1) is 8.74. The summed E-state index contributed by atoms with van der Waals surface area (Å²) in [5, 5.41) is 0.525. The number of halogens is 1. The molecule has 0 amide bonds. The van der Waals surface area contributed by atoms with Crippen LogP contribution in [-0.4, -0.2) is 5.78 Å². The van der Waals surface area contributed by atoms with Gasteiger partial charge in [-0.25, -0.2) is 0 Å². The second kappa shape index (κ2) is 5.83. The SMILES string of the molecule is CCC(C(=O)c1ccccc1Cl)c1ccccc1. The van der Waals surface area contributed by atoms with Gasteiger partial charge in [0.25, 0.3) is 0 Å². The molecule has 0 aliphatic heterocycles. The van der Waals surface area contributed by atoms with Crippen molar-refractivity contribution in [1.82, 2.24) is 0 Å². The van der Waals surface area contributed by atoms with E-state index in [1.807, 2.05) is 49.4 Å². The standard InChI is InChI=1S/C16H15ClO/c1-2-13(12-8-4-3-5-9-12)16(18)14-10-6-7-11-15(14)17/h3-11,13H,2H2,1H3. The van der Waals surface area contributed by atoms with Gasteiger partial charge in [0, 0.05) is 11.5 Å². The molecule has 0 saturated carbocycles. The van der Waals surface area contributed by atoms with Gasteiger partial charge in [-0.3, -0.25) is 4.79 Å². The molecule has 2 heteroatoms. The fourth-order valence-electron chi connectivity index (χ4n) is 2.11. The molecule has 0 fully saturated rings. The molecular formula is C16H15ClO. The lowest BCUT2D eigenvalue weighted by Gasteiger charge is -2.15. The van der Waals surface area contributed by atoms with E-state index < -0.39 is 0 Å². The predicted octanol–water partition coefficient (Wildman–Crippen LogP) is 4.72. The molecule has 92 valence electrons. The molecule has 0 radical (unpaired) electrons. The Hall–Kier alpha value is -1.60. The van der Waals surface area contributed by atoms with E-state index in [4.69, 9.17) is 11.6 Å². The number of carbonyl (C=O) groups is 1. The lowest BCUT2D eigenvalue weighted by molar-refractivity contribution is 0.0957. The Morgan fingerprint density at radius 2 is 1.67 bits per heavy atom. The normalized spacial score (nSPS) is 12.1. The van der Waals surface area contributed by atoms with Crippen LogP contribution in [-0.2, 0) is 0 Å². The number of Topliss-reactive ketones (excluding diaryl/α,β-unsaturated/α-hetero) is 1. The van der Waals surface area contributed by atoms with Gasteiger partial charge in [-0.1, -0.05) is 61.0 Å². The van der Waals surface area contributed by atoms with E-state index in [9.17, 15) is 4.79 Å². The van der Waals surface area contributed by atoms with Crippen LogP contribution in [0.15, 0.2) is 54.6 Å². The molecule has 0 aromatic heterocycles. The Morgan fingerprint density at radius 3 is 2.28 bits per heavy atom. The molecule has 0 heterocycles. The highest BCUT2D eigenvalue weighted by molar-refractivity contribution is 6.34. The largest absolute Gasteiger partial charge is 0.293 e. The van der Waals surface area contributed by atoms with Gasteiger partial charge >= 0.3 is 0 Å². The smallest absolute Gasteiger partial charge is 0.171 e. The Labute approximate surface area is 112 Å². The van der Waals surface area contributed by atoms with Crippen LogP contribution in [0.25, 0.3) is 0 Å². The first kappa shape index (κ1) is 12.8. The number of hydrogen-bond donors (Lipinski definition) is 0. The van der Waals surface area contributed by atoms with Crippen molar-refractivity contribution in [3.8, 4) is 0 Å². The van der Waals surface area contributed by atoms with Gasteiger partial charge in [-0.2, -0.15) is 0 Å². The van der Waals surface area contributed by atoms with Crippen LogP contribution in [0.4, 0.5) is 0 Å². The van der Waals surface area contributed by atoms with Crippen molar-refractivity contribution in [2.45, 2.75) is 19.3 Å². The fourth-order valence-corrected chi connectivity index (χ4v) is 2.34. The summed E-state index contributed by atoms with van der Waals surface area (Å²) in [6.45, 7) is 2.02. The summed E-state index contributed by atoms with van der Waals surface area (Å²) < 4.78 is 0. The highest BCUT2D eigenvalue weighted by atomic mass is 35.5. The molecule has 1 atom stereocenters. The van der Waals surface area contributed by atoms with E-state index in [-0.39, 0.29) is 11.7 Å². The van der Waals surface area contributed by atoms with Crippen molar-refractivity contribution >= 4 is 17.4 Å². The van der Waals surface area contributed by atoms with Crippen molar-refractivity contribution < 1.29 is 4.79 Å². The van der Waals surface area contributed by atoms with E-state index >= 15 is 0 Å². The van der Waals surface area contributed by atoms with Crippen LogP contribution in [0.3, 0.4) is 0 Å². The third kappa shape index (κ3) is 2.62. The van der Waals surface area contributed by atoms with Crippen molar-refractivity contribution in [3.05, 3.63) is 70.7 Å². The Kier molecular flexibility index (Phi) is 4.16. The topological polar surface area (TPSA) is 17.1 Å². The van der Waals surface area contributed by atoms with E-state index in [0.29, 0.717) is 10.6 Å². The first-order valence-corrected chi connectivity index (χ1v) is 6.45. The number of benzene rings is 2.